The number of nitriles is 1. The molecule has 1 aliphatic rings. The minimum absolute atomic E-state index is 0.238. The molecule has 0 saturated heterocycles. The van der Waals surface area contributed by atoms with Gasteiger partial charge in [0, 0.05) is 0 Å². The van der Waals surface area contributed by atoms with E-state index < -0.39 is 11.0 Å². The fraction of sp³-hybridized carbons (Fsp3) is 0.600. The monoisotopic (exact) mass is 176 g/mol. The number of rotatable bonds is 2. The first-order valence-corrected chi connectivity index (χ1v) is 4.17. The van der Waals surface area contributed by atoms with Crippen molar-refractivity contribution >= 4 is 5.91 Å². The molecule has 0 aliphatic heterocycles. The number of nitrogens with one attached hydrogen (secondary N) is 1. The largest absolute Gasteiger partial charge is 0.339 e. The minimum atomic E-state index is -0.784. The van der Waals surface area contributed by atoms with E-state index in [4.69, 9.17) is 11.7 Å². The molecule has 1 N–H and O–H groups in total. The van der Waals surface area contributed by atoms with Gasteiger partial charge >= 0.3 is 0 Å². The first kappa shape index (κ1) is 9.61. The average molecular weight is 176 g/mol. The first-order valence-electron chi connectivity index (χ1n) is 4.17. The Morgan fingerprint density at radius 1 is 1.62 bits per heavy atom. The van der Waals surface area contributed by atoms with E-state index in [1.807, 2.05) is 6.07 Å². The van der Waals surface area contributed by atoms with Crippen LogP contribution in [0.4, 0.5) is 0 Å². The number of amides is 1. The number of hydrogen-bond acceptors (Lipinski definition) is 2. The second-order valence-corrected chi connectivity index (χ2v) is 3.92. The second-order valence-electron chi connectivity index (χ2n) is 3.92. The summed E-state index contributed by atoms with van der Waals surface area (Å²) in [5.41, 5.74) is -1.45. The SMILES string of the molecule is C#CC(C)(C)NC(=O)C1(C#N)CC1. The van der Waals surface area contributed by atoms with Crippen molar-refractivity contribution in [3.05, 3.63) is 0 Å². The smallest absolute Gasteiger partial charge is 0.241 e. The molecule has 3 heteroatoms. The molecule has 0 aromatic rings. The molecule has 0 unspecified atom stereocenters. The van der Waals surface area contributed by atoms with E-state index in [-0.39, 0.29) is 5.91 Å². The molecule has 0 aromatic carbocycles. The van der Waals surface area contributed by atoms with Gasteiger partial charge in [-0.1, -0.05) is 5.92 Å². The van der Waals surface area contributed by atoms with Crippen LogP contribution in [0.3, 0.4) is 0 Å². The van der Waals surface area contributed by atoms with Gasteiger partial charge < -0.3 is 5.32 Å². The number of carbonyl (C=O) groups is 1. The van der Waals surface area contributed by atoms with Crippen LogP contribution in [0.5, 0.6) is 0 Å². The summed E-state index contributed by atoms with van der Waals surface area (Å²) < 4.78 is 0. The van der Waals surface area contributed by atoms with Crippen molar-refractivity contribution in [2.75, 3.05) is 0 Å². The van der Waals surface area contributed by atoms with Crippen LogP contribution in [0.15, 0.2) is 0 Å². The highest BCUT2D eigenvalue weighted by atomic mass is 16.2. The van der Waals surface area contributed by atoms with Crippen molar-refractivity contribution in [1.82, 2.24) is 5.32 Å². The van der Waals surface area contributed by atoms with Gasteiger partial charge in [-0.05, 0) is 26.7 Å². The Hall–Kier alpha value is -1.48. The molecule has 0 heterocycles. The van der Waals surface area contributed by atoms with Gasteiger partial charge in [0.2, 0.25) is 5.91 Å². The van der Waals surface area contributed by atoms with Crippen molar-refractivity contribution in [3.63, 3.8) is 0 Å². The summed E-state index contributed by atoms with van der Waals surface area (Å²) in [5.74, 6) is 2.22. The standard InChI is InChI=1S/C10H12N2O/c1-4-9(2,3)12-8(13)10(7-11)5-6-10/h1H,5-6H2,2-3H3,(H,12,13). The van der Waals surface area contributed by atoms with E-state index in [0.717, 1.165) is 0 Å². The fourth-order valence-electron chi connectivity index (χ4n) is 0.954. The zero-order chi connectivity index (χ0) is 10.1. The van der Waals surface area contributed by atoms with Crippen molar-refractivity contribution in [2.24, 2.45) is 5.41 Å². The molecule has 3 nitrogen and oxygen atoms in total. The predicted molar refractivity (Wildman–Crippen MR) is 48.3 cm³/mol. The number of hydrogen-bond donors (Lipinski definition) is 1. The quantitative estimate of drug-likeness (QED) is 0.633. The maximum atomic E-state index is 11.5. The van der Waals surface area contributed by atoms with E-state index in [2.05, 4.69) is 11.2 Å². The molecule has 0 radical (unpaired) electrons. The van der Waals surface area contributed by atoms with Gasteiger partial charge in [-0.2, -0.15) is 5.26 Å². The van der Waals surface area contributed by atoms with Crippen LogP contribution in [0.1, 0.15) is 26.7 Å². The second kappa shape index (κ2) is 2.78. The van der Waals surface area contributed by atoms with Crippen LogP contribution in [0.25, 0.3) is 0 Å². The Kier molecular flexibility index (Phi) is 2.05. The third-order valence-electron chi connectivity index (χ3n) is 2.19. The molecule has 1 aliphatic carbocycles. The Labute approximate surface area is 78.1 Å². The third kappa shape index (κ3) is 1.81. The predicted octanol–water partition coefficient (Wildman–Crippen LogP) is 0.818. The molecule has 1 saturated carbocycles. The van der Waals surface area contributed by atoms with Crippen molar-refractivity contribution in [1.29, 1.82) is 5.26 Å². The van der Waals surface area contributed by atoms with Gasteiger partial charge in [0.15, 0.2) is 0 Å². The lowest BCUT2D eigenvalue weighted by molar-refractivity contribution is -0.125. The Morgan fingerprint density at radius 3 is 2.46 bits per heavy atom. The molecule has 68 valence electrons. The molecular formula is C10H12N2O. The highest BCUT2D eigenvalue weighted by Crippen LogP contribution is 2.45. The molecule has 13 heavy (non-hydrogen) atoms. The molecule has 1 fully saturated rings. The molecule has 0 spiro atoms. The lowest BCUT2D eigenvalue weighted by Gasteiger charge is -2.20. The average Bonchev–Trinajstić information content (AvgIpc) is 2.84. The van der Waals surface area contributed by atoms with E-state index in [1.54, 1.807) is 13.8 Å². The normalized spacial score (nSPS) is 18.2. The number of carbonyl (C=O) groups excluding carboxylic acids is 1. The van der Waals surface area contributed by atoms with Crippen LogP contribution >= 0.6 is 0 Å². The highest BCUT2D eigenvalue weighted by molar-refractivity contribution is 5.89. The van der Waals surface area contributed by atoms with Crippen LogP contribution in [-0.4, -0.2) is 11.4 Å². The van der Waals surface area contributed by atoms with Gasteiger partial charge in [-0.3, -0.25) is 4.79 Å². The molecule has 0 atom stereocenters. The summed E-state index contributed by atoms with van der Waals surface area (Å²) in [6.45, 7) is 3.47. The first-order chi connectivity index (χ1) is 5.96. The van der Waals surface area contributed by atoms with Crippen LogP contribution < -0.4 is 5.32 Å². The Morgan fingerprint density at radius 2 is 2.15 bits per heavy atom. The number of nitrogens with zero attached hydrogens (tertiary/aromatic N) is 1. The Balaban J connectivity index is 2.64. The lowest BCUT2D eigenvalue weighted by Crippen LogP contribution is -2.45. The molecule has 1 amide bonds. The number of terminal acetylenes is 1. The minimum Gasteiger partial charge on any atom is -0.339 e. The van der Waals surface area contributed by atoms with E-state index >= 15 is 0 Å². The van der Waals surface area contributed by atoms with E-state index in [0.29, 0.717) is 12.8 Å². The summed E-state index contributed by atoms with van der Waals surface area (Å²) in [7, 11) is 0. The van der Waals surface area contributed by atoms with Gasteiger partial charge in [-0.15, -0.1) is 6.42 Å². The van der Waals surface area contributed by atoms with Crippen molar-refractivity contribution in [2.45, 2.75) is 32.2 Å². The molecule has 0 bridgehead atoms. The van der Waals surface area contributed by atoms with Gasteiger partial charge in [0.25, 0.3) is 0 Å². The highest BCUT2D eigenvalue weighted by Gasteiger charge is 2.51. The summed E-state index contributed by atoms with van der Waals surface area (Å²) >= 11 is 0. The molecule has 1 rings (SSSR count). The topological polar surface area (TPSA) is 52.9 Å². The van der Waals surface area contributed by atoms with E-state index in [9.17, 15) is 4.79 Å². The zero-order valence-corrected chi connectivity index (χ0v) is 7.85. The van der Waals surface area contributed by atoms with Crippen molar-refractivity contribution < 1.29 is 4.79 Å². The van der Waals surface area contributed by atoms with Crippen LogP contribution in [0.2, 0.25) is 0 Å². The summed E-state index contributed by atoms with van der Waals surface area (Å²) in [6.07, 6.45) is 6.51. The summed E-state index contributed by atoms with van der Waals surface area (Å²) in [6, 6.07) is 2.02. The van der Waals surface area contributed by atoms with E-state index in [1.165, 1.54) is 0 Å². The van der Waals surface area contributed by atoms with Gasteiger partial charge in [-0.25, -0.2) is 0 Å². The fourth-order valence-corrected chi connectivity index (χ4v) is 0.954. The maximum absolute atomic E-state index is 11.5. The molecular weight excluding hydrogens is 164 g/mol. The summed E-state index contributed by atoms with van der Waals surface area (Å²) in [4.78, 5) is 11.5. The molecule has 0 aromatic heterocycles. The van der Waals surface area contributed by atoms with Crippen molar-refractivity contribution in [3.8, 4) is 18.4 Å². The van der Waals surface area contributed by atoms with Crippen LogP contribution in [-0.2, 0) is 4.79 Å². The van der Waals surface area contributed by atoms with Gasteiger partial charge in [0.05, 0.1) is 11.6 Å². The third-order valence-corrected chi connectivity index (χ3v) is 2.19. The maximum Gasteiger partial charge on any atom is 0.241 e. The zero-order valence-electron chi connectivity index (χ0n) is 7.85. The van der Waals surface area contributed by atoms with Gasteiger partial charge in [0.1, 0.15) is 5.41 Å². The van der Waals surface area contributed by atoms with Crippen LogP contribution in [0, 0.1) is 29.1 Å². The lowest BCUT2D eigenvalue weighted by atomic mass is 10.0. The summed E-state index contributed by atoms with van der Waals surface area (Å²) in [5, 5.41) is 11.4. The Bertz CT molecular complexity index is 313.